The van der Waals surface area contributed by atoms with Crippen LogP contribution in [0.1, 0.15) is 25.5 Å². The fraction of sp³-hybridized carbons (Fsp3) is 0.300. The molecule has 2 nitrogen and oxygen atoms in total. The third-order valence-electron chi connectivity index (χ3n) is 1.64. The third-order valence-corrected chi connectivity index (χ3v) is 2.07. The fourth-order valence-corrected chi connectivity index (χ4v) is 1.29. The molecule has 0 spiro atoms. The molecule has 1 aromatic rings. The zero-order valence-electron chi connectivity index (χ0n) is 7.77. The van der Waals surface area contributed by atoms with Crippen molar-refractivity contribution >= 4 is 16.3 Å². The summed E-state index contributed by atoms with van der Waals surface area (Å²) in [6, 6.07) is 3.92. The van der Waals surface area contributed by atoms with Crippen molar-refractivity contribution in [2.24, 2.45) is 4.99 Å². The Hall–Kier alpha value is -0.622. The van der Waals surface area contributed by atoms with Gasteiger partial charge in [-0.2, -0.15) is 0 Å². The van der Waals surface area contributed by atoms with Crippen molar-refractivity contribution in [3.05, 3.63) is 24.0 Å². The first-order chi connectivity index (χ1) is 6.25. The fourth-order valence-electron chi connectivity index (χ4n) is 1.07. The van der Waals surface area contributed by atoms with E-state index in [9.17, 15) is 0 Å². The Morgan fingerprint density at radius 3 is 2.92 bits per heavy atom. The molecule has 0 aliphatic carbocycles. The van der Waals surface area contributed by atoms with Crippen molar-refractivity contribution in [1.82, 2.24) is 4.98 Å². The number of aromatic nitrogens is 1. The Morgan fingerprint density at radius 1 is 1.54 bits per heavy atom. The van der Waals surface area contributed by atoms with Crippen molar-refractivity contribution in [2.45, 2.75) is 19.8 Å². The molecule has 1 heterocycles. The summed E-state index contributed by atoms with van der Waals surface area (Å²) in [5.41, 5.74) is 2.05. The minimum absolute atomic E-state index is 0.428. The van der Waals surface area contributed by atoms with Crippen LogP contribution in [-0.4, -0.2) is 15.6 Å². The molecule has 0 bridgehead atoms. The van der Waals surface area contributed by atoms with Crippen LogP contribution in [0.5, 0.6) is 0 Å². The zero-order chi connectivity index (χ0) is 9.68. The van der Waals surface area contributed by atoms with Gasteiger partial charge < -0.3 is 0 Å². The van der Waals surface area contributed by atoms with Crippen LogP contribution in [0.25, 0.3) is 0 Å². The molecule has 0 unspecified atom stereocenters. The Balaban J connectivity index is 3.04. The summed E-state index contributed by atoms with van der Waals surface area (Å²) >= 11 is 1.41. The van der Waals surface area contributed by atoms with E-state index in [0.29, 0.717) is 5.92 Å². The van der Waals surface area contributed by atoms with E-state index in [1.807, 2.05) is 28.9 Å². The molecule has 0 fully saturated rings. The standard InChI is InChI=1S/C10H12N2.W/c1-4-11-9-6-5-7-12-10(9)8(2)3;/h1,4-8H,2-3H3;. The van der Waals surface area contributed by atoms with Crippen LogP contribution in [0.2, 0.25) is 0 Å². The molecule has 0 amide bonds. The van der Waals surface area contributed by atoms with E-state index in [1.165, 1.54) is 19.4 Å². The first-order valence-corrected chi connectivity index (χ1v) is 5.87. The molecule has 0 aliphatic rings. The molecule has 1 rings (SSSR count). The number of rotatable bonds is 3. The van der Waals surface area contributed by atoms with Gasteiger partial charge in [0.25, 0.3) is 0 Å². The minimum atomic E-state index is 0.428. The predicted octanol–water partition coefficient (Wildman–Crippen LogP) is 2.26. The van der Waals surface area contributed by atoms with Gasteiger partial charge in [-0.3, -0.25) is 0 Å². The second-order valence-electron chi connectivity index (χ2n) is 2.98. The molecule has 68 valence electrons. The third kappa shape index (κ3) is 2.96. The number of aliphatic imine (C=N–C) groups is 1. The molecule has 3 heteroatoms. The summed E-state index contributed by atoms with van der Waals surface area (Å²) in [4.78, 5) is 8.63. The van der Waals surface area contributed by atoms with Gasteiger partial charge in [-0.1, -0.05) is 0 Å². The monoisotopic (exact) mass is 344 g/mol. The van der Waals surface area contributed by atoms with Crippen LogP contribution >= 0.6 is 0 Å². The molecule has 1 aromatic heterocycles. The van der Waals surface area contributed by atoms with Crippen LogP contribution < -0.4 is 0 Å². The van der Waals surface area contributed by atoms with Crippen LogP contribution in [0.4, 0.5) is 5.69 Å². The SMILES string of the molecule is CC(C)c1ncccc1N=C[CH]=[W]. The molecule has 0 radical (unpaired) electrons. The molecule has 0 aromatic carbocycles. The average molecular weight is 344 g/mol. The van der Waals surface area contributed by atoms with Gasteiger partial charge in [0.2, 0.25) is 0 Å². The van der Waals surface area contributed by atoms with Gasteiger partial charge in [-0.05, 0) is 0 Å². The number of hydrogen-bond donors (Lipinski definition) is 0. The van der Waals surface area contributed by atoms with Gasteiger partial charge >= 0.3 is 89.4 Å². The van der Waals surface area contributed by atoms with E-state index in [2.05, 4.69) is 23.8 Å². The average Bonchev–Trinajstić information content (AvgIpc) is 2.15. The van der Waals surface area contributed by atoms with E-state index in [-0.39, 0.29) is 0 Å². The van der Waals surface area contributed by atoms with Gasteiger partial charge in [-0.25, -0.2) is 0 Å². The second-order valence-corrected chi connectivity index (χ2v) is 3.95. The van der Waals surface area contributed by atoms with E-state index in [0.717, 1.165) is 11.4 Å². The van der Waals surface area contributed by atoms with E-state index < -0.39 is 0 Å². The van der Waals surface area contributed by atoms with Gasteiger partial charge in [0.1, 0.15) is 0 Å². The summed E-state index contributed by atoms with van der Waals surface area (Å²) in [5, 5.41) is 0. The first-order valence-electron chi connectivity index (χ1n) is 4.18. The number of hydrogen-bond acceptors (Lipinski definition) is 2. The maximum absolute atomic E-state index is 4.32. The molecule has 0 saturated carbocycles. The Kier molecular flexibility index (Phi) is 4.17. The zero-order valence-corrected chi connectivity index (χ0v) is 10.7. The predicted molar refractivity (Wildman–Crippen MR) is 52.5 cm³/mol. The van der Waals surface area contributed by atoms with Gasteiger partial charge in [-0.15, -0.1) is 0 Å². The maximum atomic E-state index is 4.32. The van der Waals surface area contributed by atoms with Gasteiger partial charge in [0.05, 0.1) is 0 Å². The Labute approximate surface area is 89.5 Å². The quantitative estimate of drug-likeness (QED) is 0.773. The van der Waals surface area contributed by atoms with Crippen LogP contribution in [-0.2, 0) is 19.4 Å². The van der Waals surface area contributed by atoms with E-state index in [4.69, 9.17) is 0 Å². The molecular formula is C10H12N2W. The first kappa shape index (κ1) is 10.5. The van der Waals surface area contributed by atoms with E-state index in [1.54, 1.807) is 0 Å². The molecule has 0 aliphatic heterocycles. The topological polar surface area (TPSA) is 25.2 Å². The number of pyridine rings is 1. The van der Waals surface area contributed by atoms with Crippen molar-refractivity contribution in [2.75, 3.05) is 0 Å². The molecular weight excluding hydrogens is 332 g/mol. The number of nitrogens with zero attached hydrogens (tertiary/aromatic N) is 2. The molecule has 13 heavy (non-hydrogen) atoms. The summed E-state index contributed by atoms with van der Waals surface area (Å²) < 4.78 is 2.00. The summed E-state index contributed by atoms with van der Waals surface area (Å²) in [6.07, 6.45) is 3.65. The van der Waals surface area contributed by atoms with Crippen LogP contribution in [0.15, 0.2) is 23.3 Å². The van der Waals surface area contributed by atoms with Crippen LogP contribution in [0, 0.1) is 0 Å². The molecule has 0 saturated heterocycles. The van der Waals surface area contributed by atoms with Crippen LogP contribution in [0.3, 0.4) is 0 Å². The van der Waals surface area contributed by atoms with Crippen molar-refractivity contribution < 1.29 is 19.4 Å². The van der Waals surface area contributed by atoms with Crippen molar-refractivity contribution in [3.8, 4) is 0 Å². The summed E-state index contributed by atoms with van der Waals surface area (Å²) in [7, 11) is 0. The summed E-state index contributed by atoms with van der Waals surface area (Å²) in [5.74, 6) is 0.428. The van der Waals surface area contributed by atoms with E-state index >= 15 is 0 Å². The van der Waals surface area contributed by atoms with Gasteiger partial charge in [0, 0.05) is 0 Å². The van der Waals surface area contributed by atoms with Crippen molar-refractivity contribution in [1.29, 1.82) is 0 Å². The Bertz CT molecular complexity index is 318. The molecule has 0 atom stereocenters. The Morgan fingerprint density at radius 2 is 2.31 bits per heavy atom. The van der Waals surface area contributed by atoms with Crippen molar-refractivity contribution in [3.63, 3.8) is 0 Å². The second kappa shape index (κ2) is 5.18. The van der Waals surface area contributed by atoms with Gasteiger partial charge in [0.15, 0.2) is 0 Å². The normalized spacial score (nSPS) is 11.0. The summed E-state index contributed by atoms with van der Waals surface area (Å²) in [6.45, 7) is 4.25. The molecule has 0 N–H and O–H groups in total.